The van der Waals surface area contributed by atoms with Gasteiger partial charge in [0.05, 0.1) is 13.7 Å². The fraction of sp³-hybridized carbons (Fsp3) is 0.513. The molecule has 10 nitrogen and oxygen atoms in total. The van der Waals surface area contributed by atoms with Crippen molar-refractivity contribution in [1.82, 2.24) is 9.97 Å². The van der Waals surface area contributed by atoms with Crippen molar-refractivity contribution >= 4 is 23.5 Å². The summed E-state index contributed by atoms with van der Waals surface area (Å²) in [5, 5.41) is 42.3. The Bertz CT molecular complexity index is 1600. The second kappa shape index (κ2) is 16.6. The predicted molar refractivity (Wildman–Crippen MR) is 187 cm³/mol. The molecule has 0 aliphatic heterocycles. The number of aliphatic hydroxyl groups is 3. The molecule has 0 saturated heterocycles. The van der Waals surface area contributed by atoms with Gasteiger partial charge in [0, 0.05) is 48.1 Å². The maximum Gasteiger partial charge on any atom is 0.170 e. The molecule has 5 unspecified atom stereocenters. The van der Waals surface area contributed by atoms with E-state index in [1.807, 2.05) is 30.4 Å². The van der Waals surface area contributed by atoms with Gasteiger partial charge < -0.3 is 35.9 Å². The number of nitrogens with zero attached hydrogens (tertiary/aromatic N) is 2. The van der Waals surface area contributed by atoms with Crippen LogP contribution < -0.4 is 15.5 Å². The van der Waals surface area contributed by atoms with Gasteiger partial charge in [0.1, 0.15) is 5.82 Å². The Morgan fingerprint density at radius 1 is 1.08 bits per heavy atom. The smallest absolute Gasteiger partial charge is 0.170 e. The third-order valence-corrected chi connectivity index (χ3v) is 10.6. The highest BCUT2D eigenvalue weighted by Crippen LogP contribution is 2.53. The minimum absolute atomic E-state index is 0.0734. The second-order valence-corrected chi connectivity index (χ2v) is 13.9. The number of hydrogen-bond donors (Lipinski definition) is 5. The molecule has 0 spiro atoms. The standard InChI is InChI=1S/C39H50N3O7/c1-49-34-22-27(12-13-33(46)37(48)32(45)11-3-8-25-6-2-7-26(20-25)9-5-19-43)21-31(36(34)47)35-29-15-18-42-38(40)30(29)14-16-39(35,24-44)23-28-10-4-17-41-28/h4,10,14-18,21-22,25-26,35,37,43-44,47-48H,2-3,5-9,11-13,19-20,23-24H2,1H3,(H2,40,42)/q-1. The summed E-state index contributed by atoms with van der Waals surface area (Å²) in [4.78, 5) is 34.6. The van der Waals surface area contributed by atoms with Crippen LogP contribution in [0.1, 0.15) is 98.1 Å². The van der Waals surface area contributed by atoms with Crippen molar-refractivity contribution in [3.8, 4) is 11.5 Å². The Kier molecular flexibility index (Phi) is 12.3. The molecule has 2 aliphatic rings. The Morgan fingerprint density at radius 3 is 2.53 bits per heavy atom. The highest BCUT2D eigenvalue weighted by atomic mass is 16.5. The second-order valence-electron chi connectivity index (χ2n) is 13.9. The molecule has 0 bridgehead atoms. The van der Waals surface area contributed by atoms with E-state index >= 15 is 0 Å². The van der Waals surface area contributed by atoms with Crippen LogP contribution in [0.4, 0.5) is 5.82 Å². The van der Waals surface area contributed by atoms with Crippen molar-refractivity contribution < 1.29 is 34.8 Å². The molecule has 5 atom stereocenters. The monoisotopic (exact) mass is 672 g/mol. The van der Waals surface area contributed by atoms with Crippen molar-refractivity contribution in [3.05, 3.63) is 76.7 Å². The number of phenols is 1. The van der Waals surface area contributed by atoms with Gasteiger partial charge in [-0.15, -0.1) is 0 Å². The summed E-state index contributed by atoms with van der Waals surface area (Å²) < 4.78 is 5.57. The average Bonchev–Trinajstić information content (AvgIpc) is 3.63. The number of anilines is 1. The number of hydrogen-bond acceptors (Lipinski definition) is 9. The SMILES string of the molecule is COc1cc(CCC(=O)C(O)C(=O)CCCC2CCCC(CCCO)C2)cc(C2c3ccnc(N)c3C=CC2(CO)Cc2ccc[n-]2)c1O. The number of ether oxygens (including phenoxy) is 1. The number of methoxy groups -OCH3 is 1. The minimum atomic E-state index is -1.67. The van der Waals surface area contributed by atoms with Gasteiger partial charge in [-0.1, -0.05) is 56.0 Å². The lowest BCUT2D eigenvalue weighted by Gasteiger charge is -2.42. The molecule has 10 heteroatoms. The Hall–Kier alpha value is -3.99. The van der Waals surface area contributed by atoms with Gasteiger partial charge in [0.2, 0.25) is 0 Å². The highest BCUT2D eigenvalue weighted by Gasteiger charge is 2.43. The first kappa shape index (κ1) is 36.3. The maximum absolute atomic E-state index is 13.1. The number of aromatic nitrogens is 2. The molecule has 2 heterocycles. The van der Waals surface area contributed by atoms with Crippen molar-refractivity contribution in [1.29, 1.82) is 0 Å². The van der Waals surface area contributed by atoms with Gasteiger partial charge in [-0.05, 0) is 73.6 Å². The lowest BCUT2D eigenvalue weighted by atomic mass is 9.63. The Morgan fingerprint density at radius 2 is 1.84 bits per heavy atom. The van der Waals surface area contributed by atoms with E-state index in [1.165, 1.54) is 20.0 Å². The minimum Gasteiger partial charge on any atom is -0.668 e. The first-order valence-corrected chi connectivity index (χ1v) is 17.5. The molecule has 49 heavy (non-hydrogen) atoms. The van der Waals surface area contributed by atoms with Gasteiger partial charge in [-0.2, -0.15) is 11.9 Å². The van der Waals surface area contributed by atoms with Crippen LogP contribution in [-0.2, 0) is 22.4 Å². The summed E-state index contributed by atoms with van der Waals surface area (Å²) in [5.74, 6) is 0.0282. The number of aromatic hydroxyl groups is 1. The Labute approximate surface area is 288 Å². The highest BCUT2D eigenvalue weighted by molar-refractivity contribution is 6.05. The number of carbonyl (C=O) groups excluding carboxylic acids is 2. The maximum atomic E-state index is 13.1. The third-order valence-electron chi connectivity index (χ3n) is 10.6. The molecule has 264 valence electrons. The van der Waals surface area contributed by atoms with Crippen LogP contribution >= 0.6 is 0 Å². The molecular formula is C39H50N3O7-. The van der Waals surface area contributed by atoms with E-state index in [9.17, 15) is 24.9 Å². The van der Waals surface area contributed by atoms with Gasteiger partial charge in [0.25, 0.3) is 0 Å². The number of fused-ring (bicyclic) bond motifs is 1. The zero-order valence-electron chi connectivity index (χ0n) is 28.4. The summed E-state index contributed by atoms with van der Waals surface area (Å²) in [6.45, 7) is -0.0341. The Balaban J connectivity index is 1.30. The number of rotatable bonds is 17. The van der Waals surface area contributed by atoms with E-state index < -0.39 is 29.0 Å². The fourth-order valence-electron chi connectivity index (χ4n) is 8.01. The first-order valence-electron chi connectivity index (χ1n) is 17.5. The number of carbonyl (C=O) groups is 2. The lowest BCUT2D eigenvalue weighted by Crippen LogP contribution is -2.37. The van der Waals surface area contributed by atoms with Crippen molar-refractivity contribution in [2.75, 3.05) is 26.1 Å². The molecule has 1 fully saturated rings. The number of aryl methyl sites for hydroxylation is 1. The lowest BCUT2D eigenvalue weighted by molar-refractivity contribution is -0.138. The predicted octanol–water partition coefficient (Wildman–Crippen LogP) is 4.90. The summed E-state index contributed by atoms with van der Waals surface area (Å²) in [6, 6.07) is 9.00. The summed E-state index contributed by atoms with van der Waals surface area (Å²) in [7, 11) is 1.45. The molecular weight excluding hydrogens is 622 g/mol. The molecule has 0 radical (unpaired) electrons. The summed E-state index contributed by atoms with van der Waals surface area (Å²) in [6.07, 6.45) is 14.1. The molecule has 6 N–H and O–H groups in total. The van der Waals surface area contributed by atoms with Crippen molar-refractivity contribution in [3.63, 3.8) is 0 Å². The first-order chi connectivity index (χ1) is 23.7. The molecule has 0 amide bonds. The number of aliphatic hydroxyl groups excluding tert-OH is 3. The van der Waals surface area contributed by atoms with Crippen LogP contribution in [0, 0.1) is 17.3 Å². The molecule has 1 aromatic carbocycles. The number of ketones is 2. The number of nitrogen functional groups attached to an aromatic ring is 1. The third kappa shape index (κ3) is 8.43. The van der Waals surface area contributed by atoms with E-state index in [1.54, 1.807) is 24.5 Å². The van der Waals surface area contributed by atoms with Crippen LogP contribution in [0.15, 0.2) is 48.8 Å². The van der Waals surface area contributed by atoms with E-state index in [-0.39, 0.29) is 44.0 Å². The normalized spacial score (nSPS) is 22.4. The number of benzene rings is 1. The molecule has 1 saturated carbocycles. The van der Waals surface area contributed by atoms with Crippen LogP contribution in [0.3, 0.4) is 0 Å². The molecule has 2 aromatic heterocycles. The van der Waals surface area contributed by atoms with E-state index in [4.69, 9.17) is 15.6 Å². The van der Waals surface area contributed by atoms with Crippen molar-refractivity contribution in [2.24, 2.45) is 17.3 Å². The topological polar surface area (TPSA) is 177 Å². The van der Waals surface area contributed by atoms with Crippen molar-refractivity contribution in [2.45, 2.75) is 89.1 Å². The van der Waals surface area contributed by atoms with Crippen LogP contribution in [0.2, 0.25) is 0 Å². The largest absolute Gasteiger partial charge is 0.668 e. The van der Waals surface area contributed by atoms with E-state index in [2.05, 4.69) is 9.97 Å². The number of nitrogens with two attached hydrogens (primary N) is 1. The van der Waals surface area contributed by atoms with E-state index in [0.717, 1.165) is 43.4 Å². The zero-order chi connectivity index (χ0) is 35.0. The number of pyridine rings is 1. The van der Waals surface area contributed by atoms with Gasteiger partial charge >= 0.3 is 0 Å². The van der Waals surface area contributed by atoms with Crippen LogP contribution in [0.5, 0.6) is 11.5 Å². The quantitative estimate of drug-likeness (QED) is 0.124. The summed E-state index contributed by atoms with van der Waals surface area (Å²) >= 11 is 0. The molecule has 2 aliphatic carbocycles. The van der Waals surface area contributed by atoms with Gasteiger partial charge in [-0.25, -0.2) is 4.98 Å². The van der Waals surface area contributed by atoms with Gasteiger partial charge in [0.15, 0.2) is 29.2 Å². The molecule has 3 aromatic rings. The van der Waals surface area contributed by atoms with Crippen LogP contribution in [0.25, 0.3) is 6.08 Å². The van der Waals surface area contributed by atoms with Gasteiger partial charge in [-0.3, -0.25) is 9.59 Å². The van der Waals surface area contributed by atoms with Crippen LogP contribution in [-0.4, -0.2) is 63.4 Å². The summed E-state index contributed by atoms with van der Waals surface area (Å²) in [5.41, 5.74) is 8.77. The van der Waals surface area contributed by atoms with E-state index in [0.29, 0.717) is 47.2 Å². The average molecular weight is 673 g/mol. The molecule has 5 rings (SSSR count). The fourth-order valence-corrected chi connectivity index (χ4v) is 8.01. The number of phenolic OH excluding ortho intramolecular Hbond substituents is 1. The zero-order valence-corrected chi connectivity index (χ0v) is 28.4. The number of Topliss-reactive ketones (excluding diaryl/α,β-unsaturated/α-hetero) is 2.